The molecule has 76 valence electrons. The standard InChI is InChI=1S/C12H17NO/c1-2-10-3-5-11(6-4-10)7-8-12(14)9-13/h3-6H,2,7-9,13H2,1H3. The first-order valence-electron chi connectivity index (χ1n) is 5.06. The van der Waals surface area contributed by atoms with Crippen LogP contribution in [0.3, 0.4) is 0 Å². The van der Waals surface area contributed by atoms with Crippen molar-refractivity contribution in [2.75, 3.05) is 6.54 Å². The van der Waals surface area contributed by atoms with E-state index in [9.17, 15) is 4.79 Å². The Hall–Kier alpha value is -1.15. The molecule has 0 heterocycles. The molecule has 1 aromatic rings. The van der Waals surface area contributed by atoms with E-state index < -0.39 is 0 Å². The number of carbonyl (C=O) groups excluding carboxylic acids is 1. The average Bonchev–Trinajstić information content (AvgIpc) is 2.26. The second-order valence-corrected chi connectivity index (χ2v) is 3.41. The van der Waals surface area contributed by atoms with Crippen LogP contribution in [-0.4, -0.2) is 12.3 Å². The number of hydrogen-bond donors (Lipinski definition) is 1. The summed E-state index contributed by atoms with van der Waals surface area (Å²) in [5.41, 5.74) is 7.78. The van der Waals surface area contributed by atoms with Gasteiger partial charge in [-0.3, -0.25) is 4.79 Å². The number of ketones is 1. The first-order valence-corrected chi connectivity index (χ1v) is 5.06. The fourth-order valence-electron chi connectivity index (χ4n) is 1.33. The van der Waals surface area contributed by atoms with E-state index in [1.165, 1.54) is 11.1 Å². The number of benzene rings is 1. The Morgan fingerprint density at radius 2 is 1.79 bits per heavy atom. The molecule has 0 aliphatic heterocycles. The third-order valence-electron chi connectivity index (χ3n) is 2.35. The predicted octanol–water partition coefficient (Wildman–Crippen LogP) is 1.71. The summed E-state index contributed by atoms with van der Waals surface area (Å²) in [6, 6.07) is 8.40. The van der Waals surface area contributed by atoms with E-state index in [1.54, 1.807) is 0 Å². The summed E-state index contributed by atoms with van der Waals surface area (Å²) in [7, 11) is 0. The molecule has 0 radical (unpaired) electrons. The first kappa shape index (κ1) is 10.9. The molecule has 0 aromatic heterocycles. The zero-order chi connectivity index (χ0) is 10.4. The van der Waals surface area contributed by atoms with Gasteiger partial charge in [-0.25, -0.2) is 0 Å². The second kappa shape index (κ2) is 5.55. The van der Waals surface area contributed by atoms with Gasteiger partial charge in [-0.1, -0.05) is 31.2 Å². The van der Waals surface area contributed by atoms with Crippen LogP contribution < -0.4 is 5.73 Å². The topological polar surface area (TPSA) is 43.1 Å². The summed E-state index contributed by atoms with van der Waals surface area (Å²) in [6.07, 6.45) is 2.42. The van der Waals surface area contributed by atoms with Gasteiger partial charge in [0.2, 0.25) is 0 Å². The largest absolute Gasteiger partial charge is 0.324 e. The Labute approximate surface area is 85.1 Å². The van der Waals surface area contributed by atoms with Gasteiger partial charge < -0.3 is 5.73 Å². The average molecular weight is 191 g/mol. The molecule has 0 aliphatic rings. The third-order valence-corrected chi connectivity index (χ3v) is 2.35. The van der Waals surface area contributed by atoms with Crippen molar-refractivity contribution in [1.29, 1.82) is 0 Å². The highest BCUT2D eigenvalue weighted by molar-refractivity contribution is 5.80. The fourth-order valence-corrected chi connectivity index (χ4v) is 1.33. The van der Waals surface area contributed by atoms with Gasteiger partial charge >= 0.3 is 0 Å². The van der Waals surface area contributed by atoms with E-state index in [4.69, 9.17) is 5.73 Å². The minimum absolute atomic E-state index is 0.129. The summed E-state index contributed by atoms with van der Waals surface area (Å²) in [5.74, 6) is 0.129. The Morgan fingerprint density at radius 3 is 2.29 bits per heavy atom. The summed E-state index contributed by atoms with van der Waals surface area (Å²) in [4.78, 5) is 11.0. The Balaban J connectivity index is 2.47. The smallest absolute Gasteiger partial charge is 0.146 e. The van der Waals surface area contributed by atoms with E-state index in [-0.39, 0.29) is 12.3 Å². The van der Waals surface area contributed by atoms with Crippen molar-refractivity contribution in [3.8, 4) is 0 Å². The minimum atomic E-state index is 0.129. The van der Waals surface area contributed by atoms with Crippen molar-refractivity contribution in [2.24, 2.45) is 5.73 Å². The van der Waals surface area contributed by atoms with E-state index >= 15 is 0 Å². The van der Waals surface area contributed by atoms with E-state index in [1.807, 2.05) is 0 Å². The van der Waals surface area contributed by atoms with Crippen LogP contribution in [0.2, 0.25) is 0 Å². The van der Waals surface area contributed by atoms with Crippen LogP contribution in [0.25, 0.3) is 0 Å². The SMILES string of the molecule is CCc1ccc(CCC(=O)CN)cc1. The molecule has 2 heteroatoms. The Bertz CT molecular complexity index is 290. The van der Waals surface area contributed by atoms with Crippen LogP contribution >= 0.6 is 0 Å². The number of rotatable bonds is 5. The summed E-state index contributed by atoms with van der Waals surface area (Å²) >= 11 is 0. The maximum absolute atomic E-state index is 11.0. The third kappa shape index (κ3) is 3.30. The van der Waals surface area contributed by atoms with Gasteiger partial charge in [0.25, 0.3) is 0 Å². The molecular weight excluding hydrogens is 174 g/mol. The molecule has 2 nitrogen and oxygen atoms in total. The normalized spacial score (nSPS) is 10.1. The number of aryl methyl sites for hydroxylation is 2. The molecule has 0 unspecified atom stereocenters. The Kier molecular flexibility index (Phi) is 4.33. The van der Waals surface area contributed by atoms with Gasteiger partial charge in [0.1, 0.15) is 5.78 Å². The maximum atomic E-state index is 11.0. The summed E-state index contributed by atoms with van der Waals surface area (Å²) < 4.78 is 0. The molecule has 0 saturated carbocycles. The molecule has 0 fully saturated rings. The van der Waals surface area contributed by atoms with Crippen LogP contribution in [-0.2, 0) is 17.6 Å². The van der Waals surface area contributed by atoms with Crippen molar-refractivity contribution in [1.82, 2.24) is 0 Å². The van der Waals surface area contributed by atoms with Crippen molar-refractivity contribution >= 4 is 5.78 Å². The van der Waals surface area contributed by atoms with E-state index in [0.29, 0.717) is 6.42 Å². The van der Waals surface area contributed by atoms with Gasteiger partial charge in [0, 0.05) is 6.42 Å². The van der Waals surface area contributed by atoms with E-state index in [0.717, 1.165) is 12.8 Å². The van der Waals surface area contributed by atoms with Gasteiger partial charge in [0.15, 0.2) is 0 Å². The van der Waals surface area contributed by atoms with Gasteiger partial charge in [-0.2, -0.15) is 0 Å². The maximum Gasteiger partial charge on any atom is 0.146 e. The van der Waals surface area contributed by atoms with Crippen molar-refractivity contribution in [3.63, 3.8) is 0 Å². The summed E-state index contributed by atoms with van der Waals surface area (Å²) in [5, 5.41) is 0. The zero-order valence-electron chi connectivity index (χ0n) is 8.62. The highest BCUT2D eigenvalue weighted by Crippen LogP contribution is 2.07. The molecule has 14 heavy (non-hydrogen) atoms. The zero-order valence-corrected chi connectivity index (χ0v) is 8.62. The quantitative estimate of drug-likeness (QED) is 0.770. The molecule has 0 saturated heterocycles. The van der Waals surface area contributed by atoms with Crippen LogP contribution in [0.4, 0.5) is 0 Å². The van der Waals surface area contributed by atoms with Crippen LogP contribution in [0, 0.1) is 0 Å². The lowest BCUT2D eigenvalue weighted by Gasteiger charge is -2.01. The van der Waals surface area contributed by atoms with Gasteiger partial charge in [-0.15, -0.1) is 0 Å². The minimum Gasteiger partial charge on any atom is -0.324 e. The van der Waals surface area contributed by atoms with Crippen LogP contribution in [0.5, 0.6) is 0 Å². The lowest BCUT2D eigenvalue weighted by Crippen LogP contribution is -2.13. The van der Waals surface area contributed by atoms with Crippen molar-refractivity contribution in [3.05, 3.63) is 35.4 Å². The molecule has 2 N–H and O–H groups in total. The molecule has 0 bridgehead atoms. The monoisotopic (exact) mass is 191 g/mol. The molecule has 0 aliphatic carbocycles. The molecule has 1 aromatic carbocycles. The van der Waals surface area contributed by atoms with Crippen molar-refractivity contribution < 1.29 is 4.79 Å². The number of carbonyl (C=O) groups is 1. The number of Topliss-reactive ketones (excluding diaryl/α,β-unsaturated/α-hetero) is 1. The highest BCUT2D eigenvalue weighted by atomic mass is 16.1. The molecular formula is C12H17NO. The molecule has 0 spiro atoms. The van der Waals surface area contributed by atoms with Gasteiger partial charge in [-0.05, 0) is 24.0 Å². The highest BCUT2D eigenvalue weighted by Gasteiger charge is 1.99. The van der Waals surface area contributed by atoms with E-state index in [2.05, 4.69) is 31.2 Å². The number of nitrogens with two attached hydrogens (primary N) is 1. The van der Waals surface area contributed by atoms with Crippen molar-refractivity contribution in [2.45, 2.75) is 26.2 Å². The second-order valence-electron chi connectivity index (χ2n) is 3.41. The molecule has 1 rings (SSSR count). The molecule has 0 atom stereocenters. The van der Waals surface area contributed by atoms with Gasteiger partial charge in [0.05, 0.1) is 6.54 Å². The number of hydrogen-bond acceptors (Lipinski definition) is 2. The lowest BCUT2D eigenvalue weighted by atomic mass is 10.0. The lowest BCUT2D eigenvalue weighted by molar-refractivity contribution is -0.117. The van der Waals surface area contributed by atoms with Crippen LogP contribution in [0.15, 0.2) is 24.3 Å². The Morgan fingerprint density at radius 1 is 1.21 bits per heavy atom. The van der Waals surface area contributed by atoms with Crippen LogP contribution in [0.1, 0.15) is 24.5 Å². The molecule has 0 amide bonds. The summed E-state index contributed by atoms with van der Waals surface area (Å²) in [6.45, 7) is 2.29. The predicted molar refractivity (Wildman–Crippen MR) is 58.2 cm³/mol. The fraction of sp³-hybridized carbons (Fsp3) is 0.417. The first-order chi connectivity index (χ1) is 6.76.